The minimum Gasteiger partial charge on any atom is -0.341 e. The van der Waals surface area contributed by atoms with Crippen LogP contribution in [-0.2, 0) is 14.8 Å². The van der Waals surface area contributed by atoms with Gasteiger partial charge in [-0.05, 0) is 18.6 Å². The molecule has 1 aliphatic heterocycles. The summed E-state index contributed by atoms with van der Waals surface area (Å²) < 4.78 is 26.7. The van der Waals surface area contributed by atoms with E-state index in [0.717, 1.165) is 0 Å². The van der Waals surface area contributed by atoms with Gasteiger partial charge >= 0.3 is 0 Å². The molecule has 116 valence electrons. The number of carbonyl (C=O) groups is 1. The highest BCUT2D eigenvalue weighted by Crippen LogP contribution is 2.25. The zero-order valence-corrected chi connectivity index (χ0v) is 13.5. The number of carbonyl (C=O) groups excluding carboxylic acids is 1. The van der Waals surface area contributed by atoms with Crippen molar-refractivity contribution in [2.45, 2.75) is 24.7 Å². The van der Waals surface area contributed by atoms with Gasteiger partial charge in [0.05, 0.1) is 5.02 Å². The van der Waals surface area contributed by atoms with Crippen LogP contribution in [0.15, 0.2) is 29.2 Å². The van der Waals surface area contributed by atoms with Gasteiger partial charge in [0.25, 0.3) is 0 Å². The first-order chi connectivity index (χ1) is 9.96. The van der Waals surface area contributed by atoms with E-state index in [9.17, 15) is 13.2 Å². The molecule has 1 heterocycles. The molecule has 1 fully saturated rings. The van der Waals surface area contributed by atoms with Gasteiger partial charge in [-0.2, -0.15) is 4.31 Å². The fraction of sp³-hybridized carbons (Fsp3) is 0.500. The Labute approximate surface area is 130 Å². The van der Waals surface area contributed by atoms with Gasteiger partial charge in [0.2, 0.25) is 15.9 Å². The van der Waals surface area contributed by atoms with E-state index in [1.807, 2.05) is 6.92 Å². The van der Waals surface area contributed by atoms with Crippen molar-refractivity contribution in [1.29, 1.82) is 0 Å². The van der Waals surface area contributed by atoms with Crippen molar-refractivity contribution in [1.82, 2.24) is 9.21 Å². The van der Waals surface area contributed by atoms with Gasteiger partial charge in [-0.25, -0.2) is 8.42 Å². The Morgan fingerprint density at radius 2 is 1.90 bits per heavy atom. The van der Waals surface area contributed by atoms with E-state index in [0.29, 0.717) is 39.0 Å². The Morgan fingerprint density at radius 1 is 1.19 bits per heavy atom. The molecular weight excluding hydrogens is 312 g/mol. The maximum atomic E-state index is 12.6. The number of hydrogen-bond acceptors (Lipinski definition) is 3. The average Bonchev–Trinajstić information content (AvgIpc) is 2.73. The number of benzene rings is 1. The van der Waals surface area contributed by atoms with Crippen LogP contribution in [0, 0.1) is 0 Å². The molecule has 5 nitrogen and oxygen atoms in total. The maximum absolute atomic E-state index is 12.6. The molecule has 0 N–H and O–H groups in total. The first-order valence-corrected chi connectivity index (χ1v) is 8.81. The number of sulfonamides is 1. The standard InChI is InChI=1S/C14H19ClN2O3S/c1-2-14(18)16-8-5-9-17(11-10-16)21(19,20)13-7-4-3-6-12(13)15/h3-4,6-7H,2,5,8-11H2,1H3. The molecule has 1 aromatic carbocycles. The Kier molecular flexibility index (Phi) is 5.24. The van der Waals surface area contributed by atoms with Crippen LogP contribution in [0.25, 0.3) is 0 Å². The minimum atomic E-state index is -3.61. The van der Waals surface area contributed by atoms with Gasteiger partial charge in [-0.1, -0.05) is 30.7 Å². The molecule has 1 saturated heterocycles. The van der Waals surface area contributed by atoms with Gasteiger partial charge < -0.3 is 4.90 Å². The molecule has 0 spiro atoms. The second-order valence-electron chi connectivity index (χ2n) is 4.92. The molecule has 0 atom stereocenters. The molecule has 1 aliphatic rings. The normalized spacial score (nSPS) is 17.5. The van der Waals surface area contributed by atoms with Crippen LogP contribution >= 0.6 is 11.6 Å². The summed E-state index contributed by atoms with van der Waals surface area (Å²) in [5.41, 5.74) is 0. The summed E-state index contributed by atoms with van der Waals surface area (Å²) in [6.45, 7) is 3.55. The van der Waals surface area contributed by atoms with E-state index in [4.69, 9.17) is 11.6 Å². The second kappa shape index (κ2) is 6.77. The third kappa shape index (κ3) is 3.56. The molecule has 0 radical (unpaired) electrons. The molecule has 1 aromatic rings. The topological polar surface area (TPSA) is 57.7 Å². The summed E-state index contributed by atoms with van der Waals surface area (Å²) in [5.74, 6) is 0.0620. The number of rotatable bonds is 3. The molecule has 21 heavy (non-hydrogen) atoms. The monoisotopic (exact) mass is 330 g/mol. The lowest BCUT2D eigenvalue weighted by atomic mass is 10.3. The number of nitrogens with zero attached hydrogens (tertiary/aromatic N) is 2. The zero-order chi connectivity index (χ0) is 15.5. The number of amides is 1. The highest BCUT2D eigenvalue weighted by atomic mass is 35.5. The Hall–Kier alpha value is -1.11. The lowest BCUT2D eigenvalue weighted by Crippen LogP contribution is -2.37. The first-order valence-electron chi connectivity index (χ1n) is 6.99. The highest BCUT2D eigenvalue weighted by molar-refractivity contribution is 7.89. The molecule has 1 amide bonds. The van der Waals surface area contributed by atoms with Crippen molar-refractivity contribution in [3.8, 4) is 0 Å². The van der Waals surface area contributed by atoms with E-state index in [1.165, 1.54) is 10.4 Å². The van der Waals surface area contributed by atoms with E-state index in [1.54, 1.807) is 23.1 Å². The van der Waals surface area contributed by atoms with Crippen LogP contribution in [-0.4, -0.2) is 49.7 Å². The average molecular weight is 331 g/mol. The van der Waals surface area contributed by atoms with Crippen LogP contribution < -0.4 is 0 Å². The van der Waals surface area contributed by atoms with Gasteiger partial charge in [-0.15, -0.1) is 0 Å². The Morgan fingerprint density at radius 3 is 2.57 bits per heavy atom. The lowest BCUT2D eigenvalue weighted by Gasteiger charge is -2.22. The molecule has 0 aromatic heterocycles. The summed E-state index contributed by atoms with van der Waals surface area (Å²) >= 11 is 6.00. The zero-order valence-electron chi connectivity index (χ0n) is 12.0. The lowest BCUT2D eigenvalue weighted by molar-refractivity contribution is -0.130. The summed E-state index contributed by atoms with van der Waals surface area (Å²) in [7, 11) is -3.61. The third-order valence-electron chi connectivity index (χ3n) is 3.56. The smallest absolute Gasteiger partial charge is 0.244 e. The molecule has 0 unspecified atom stereocenters. The fourth-order valence-corrected chi connectivity index (χ4v) is 4.36. The maximum Gasteiger partial charge on any atom is 0.244 e. The van der Waals surface area contributed by atoms with Crippen LogP contribution in [0.4, 0.5) is 0 Å². The van der Waals surface area contributed by atoms with E-state index < -0.39 is 10.0 Å². The van der Waals surface area contributed by atoms with Crippen molar-refractivity contribution in [2.75, 3.05) is 26.2 Å². The van der Waals surface area contributed by atoms with Crippen LogP contribution in [0.2, 0.25) is 5.02 Å². The highest BCUT2D eigenvalue weighted by Gasteiger charge is 2.29. The van der Waals surface area contributed by atoms with Gasteiger partial charge in [-0.3, -0.25) is 4.79 Å². The minimum absolute atomic E-state index is 0.0620. The van der Waals surface area contributed by atoms with Crippen LogP contribution in [0.3, 0.4) is 0 Å². The van der Waals surface area contributed by atoms with E-state index in [-0.39, 0.29) is 15.8 Å². The molecule has 2 rings (SSSR count). The van der Waals surface area contributed by atoms with Crippen molar-refractivity contribution in [3.63, 3.8) is 0 Å². The van der Waals surface area contributed by atoms with Gasteiger partial charge in [0.15, 0.2) is 0 Å². The fourth-order valence-electron chi connectivity index (χ4n) is 2.40. The Balaban J connectivity index is 2.19. The number of halogens is 1. The molecular formula is C14H19ClN2O3S. The first kappa shape index (κ1) is 16.3. The molecule has 7 heteroatoms. The molecule has 0 aliphatic carbocycles. The summed E-state index contributed by atoms with van der Waals surface area (Å²) in [6, 6.07) is 6.44. The number of hydrogen-bond donors (Lipinski definition) is 0. The SMILES string of the molecule is CCC(=O)N1CCCN(S(=O)(=O)c2ccccc2Cl)CC1. The molecule has 0 saturated carbocycles. The van der Waals surface area contributed by atoms with Crippen LogP contribution in [0.5, 0.6) is 0 Å². The van der Waals surface area contributed by atoms with Crippen molar-refractivity contribution in [2.24, 2.45) is 0 Å². The Bertz CT molecular complexity index is 618. The quantitative estimate of drug-likeness (QED) is 0.851. The third-order valence-corrected chi connectivity index (χ3v) is 5.96. The van der Waals surface area contributed by atoms with E-state index in [2.05, 4.69) is 0 Å². The van der Waals surface area contributed by atoms with Gasteiger partial charge in [0.1, 0.15) is 4.90 Å². The van der Waals surface area contributed by atoms with E-state index >= 15 is 0 Å². The summed E-state index contributed by atoms with van der Waals surface area (Å²) in [4.78, 5) is 13.6. The summed E-state index contributed by atoms with van der Waals surface area (Å²) in [6.07, 6.45) is 1.08. The van der Waals surface area contributed by atoms with Crippen LogP contribution in [0.1, 0.15) is 19.8 Å². The predicted molar refractivity (Wildman–Crippen MR) is 81.7 cm³/mol. The molecule has 0 bridgehead atoms. The summed E-state index contributed by atoms with van der Waals surface area (Å²) in [5, 5.41) is 0.225. The van der Waals surface area contributed by atoms with Crippen molar-refractivity contribution >= 4 is 27.5 Å². The van der Waals surface area contributed by atoms with Gasteiger partial charge in [0, 0.05) is 32.6 Å². The second-order valence-corrected chi connectivity index (χ2v) is 7.24. The largest absolute Gasteiger partial charge is 0.341 e. The van der Waals surface area contributed by atoms with Crippen molar-refractivity contribution in [3.05, 3.63) is 29.3 Å². The predicted octanol–water partition coefficient (Wildman–Crippen LogP) is 1.97. The van der Waals surface area contributed by atoms with Crippen molar-refractivity contribution < 1.29 is 13.2 Å².